The van der Waals surface area contributed by atoms with Gasteiger partial charge in [-0.1, -0.05) is 58.5 Å². The Balaban J connectivity index is 1.81. The Labute approximate surface area is 170 Å². The maximum Gasteiger partial charge on any atom is 0.105 e. The average Bonchev–Trinajstić information content (AvgIpc) is 3.24. The van der Waals surface area contributed by atoms with Crippen LogP contribution in [0.25, 0.3) is 0 Å². The summed E-state index contributed by atoms with van der Waals surface area (Å²) in [6, 6.07) is 10.4. The van der Waals surface area contributed by atoms with Crippen LogP contribution in [0.3, 0.4) is 0 Å². The molecule has 2 aromatic carbocycles. The number of imidazole rings is 1. The van der Waals surface area contributed by atoms with E-state index < -0.39 is 0 Å². The Morgan fingerprint density at radius 1 is 0.923 bits per heavy atom. The van der Waals surface area contributed by atoms with Crippen LogP contribution in [0, 0.1) is 0 Å². The van der Waals surface area contributed by atoms with Gasteiger partial charge in [-0.15, -0.1) is 0 Å². The molecule has 0 saturated heterocycles. The number of nitrogens with zero attached hydrogens (tertiary/aromatic N) is 3. The maximum atomic E-state index is 6.44. The number of hydrogen-bond donors (Lipinski definition) is 1. The summed E-state index contributed by atoms with van der Waals surface area (Å²) in [6.45, 7) is 0. The predicted molar refractivity (Wildman–Crippen MR) is 107 cm³/mol. The smallest absolute Gasteiger partial charge is 0.105 e. The lowest BCUT2D eigenvalue weighted by Crippen LogP contribution is -2.25. The Morgan fingerprint density at radius 3 is 2.31 bits per heavy atom. The molecule has 0 fully saturated rings. The molecule has 4 rings (SSSR count). The summed E-state index contributed by atoms with van der Waals surface area (Å²) in [5, 5.41) is 6.81. The van der Waals surface area contributed by atoms with Gasteiger partial charge >= 0.3 is 0 Å². The summed E-state index contributed by atoms with van der Waals surface area (Å²) >= 11 is 24.9. The van der Waals surface area contributed by atoms with Crippen molar-refractivity contribution in [3.8, 4) is 0 Å². The molecule has 0 saturated carbocycles. The lowest BCUT2D eigenvalue weighted by molar-refractivity contribution is 0.481. The van der Waals surface area contributed by atoms with E-state index in [1.54, 1.807) is 30.7 Å². The molecule has 2 atom stereocenters. The lowest BCUT2D eigenvalue weighted by Gasteiger charge is -2.23. The molecule has 1 N–H and O–H groups in total. The summed E-state index contributed by atoms with van der Waals surface area (Å²) < 4.78 is 1.97. The monoisotopic (exact) mass is 424 g/mol. The van der Waals surface area contributed by atoms with Gasteiger partial charge in [0.2, 0.25) is 0 Å². The highest BCUT2D eigenvalue weighted by molar-refractivity contribution is 6.37. The van der Waals surface area contributed by atoms with E-state index in [0.717, 1.165) is 16.8 Å². The zero-order valence-corrected chi connectivity index (χ0v) is 16.2. The van der Waals surface area contributed by atoms with Gasteiger partial charge in [0.1, 0.15) is 6.04 Å². The van der Waals surface area contributed by atoms with Crippen LogP contribution in [0.5, 0.6) is 0 Å². The van der Waals surface area contributed by atoms with E-state index in [4.69, 9.17) is 46.4 Å². The third-order valence-corrected chi connectivity index (χ3v) is 5.38. The second-order valence-corrected chi connectivity index (χ2v) is 7.54. The summed E-state index contributed by atoms with van der Waals surface area (Å²) in [4.78, 5) is 4.17. The fraction of sp³-hybridized carbons (Fsp3) is 0.111. The van der Waals surface area contributed by atoms with Gasteiger partial charge in [0.05, 0.1) is 23.1 Å². The third-order valence-electron chi connectivity index (χ3n) is 4.27. The molecule has 0 spiro atoms. The number of hydrogen-bond acceptors (Lipinski definition) is 3. The first-order valence-corrected chi connectivity index (χ1v) is 9.26. The molecule has 0 aliphatic carbocycles. The normalized spacial score (nSPS) is 19.3. The predicted octanol–water partition coefficient (Wildman–Crippen LogP) is 5.79. The van der Waals surface area contributed by atoms with Crippen molar-refractivity contribution in [2.75, 3.05) is 0 Å². The van der Waals surface area contributed by atoms with Gasteiger partial charge in [-0.05, 0) is 29.8 Å². The van der Waals surface area contributed by atoms with Gasteiger partial charge in [0.15, 0.2) is 0 Å². The second-order valence-electron chi connectivity index (χ2n) is 5.85. The van der Waals surface area contributed by atoms with Crippen LogP contribution in [0.4, 0.5) is 0 Å². The number of benzene rings is 2. The van der Waals surface area contributed by atoms with Crippen molar-refractivity contribution in [1.82, 2.24) is 15.0 Å². The van der Waals surface area contributed by atoms with Crippen molar-refractivity contribution in [1.29, 1.82) is 0 Å². The number of hydrazone groups is 1. The highest BCUT2D eigenvalue weighted by atomic mass is 35.5. The van der Waals surface area contributed by atoms with E-state index in [0.29, 0.717) is 20.1 Å². The highest BCUT2D eigenvalue weighted by Crippen LogP contribution is 2.39. The molecule has 8 heteroatoms. The number of nitrogens with one attached hydrogen (secondary N) is 1. The Morgan fingerprint density at radius 2 is 1.65 bits per heavy atom. The molecule has 2 unspecified atom stereocenters. The fourth-order valence-electron chi connectivity index (χ4n) is 3.09. The van der Waals surface area contributed by atoms with E-state index in [9.17, 15) is 0 Å². The Hall–Kier alpha value is -1.72. The quantitative estimate of drug-likeness (QED) is 0.577. The van der Waals surface area contributed by atoms with Gasteiger partial charge in [-0.2, -0.15) is 5.10 Å². The molecule has 1 aromatic heterocycles. The SMILES string of the molecule is Clc1ccc(C2=NNC(c3ccc(Cl)cc3Cl)C2n2ccnc2)c(Cl)c1. The maximum absolute atomic E-state index is 6.44. The minimum absolute atomic E-state index is 0.185. The lowest BCUT2D eigenvalue weighted by atomic mass is 9.93. The van der Waals surface area contributed by atoms with Crippen LogP contribution in [-0.2, 0) is 0 Å². The first-order chi connectivity index (χ1) is 12.5. The van der Waals surface area contributed by atoms with E-state index >= 15 is 0 Å². The molecular formula is C18H12Cl4N4. The molecule has 4 nitrogen and oxygen atoms in total. The molecule has 1 aliphatic heterocycles. The molecule has 0 amide bonds. The van der Waals surface area contributed by atoms with Crippen molar-refractivity contribution in [2.45, 2.75) is 12.1 Å². The summed E-state index contributed by atoms with van der Waals surface area (Å²) in [5.74, 6) is 0. The molecule has 0 radical (unpaired) electrons. The molecular weight excluding hydrogens is 414 g/mol. The minimum atomic E-state index is -0.198. The molecule has 1 aliphatic rings. The number of rotatable bonds is 3. The molecule has 132 valence electrons. The fourth-order valence-corrected chi connectivity index (χ4v) is 4.12. The topological polar surface area (TPSA) is 42.2 Å². The molecule has 0 bridgehead atoms. The van der Waals surface area contributed by atoms with Crippen LogP contribution >= 0.6 is 46.4 Å². The van der Waals surface area contributed by atoms with Gasteiger partial charge in [0.25, 0.3) is 0 Å². The zero-order valence-electron chi connectivity index (χ0n) is 13.2. The molecule has 26 heavy (non-hydrogen) atoms. The largest absolute Gasteiger partial charge is 0.326 e. The first-order valence-electron chi connectivity index (χ1n) is 7.75. The Bertz CT molecular complexity index is 985. The second kappa shape index (κ2) is 7.12. The standard InChI is InChI=1S/C18H12Cl4N4/c19-10-1-3-12(14(21)7-10)16-18(26-6-5-23-9-26)17(25-24-16)13-4-2-11(20)8-15(13)22/h1-9,16,18,24H. The van der Waals surface area contributed by atoms with Crippen molar-refractivity contribution < 1.29 is 0 Å². The molecule has 3 aromatic rings. The molecule has 2 heterocycles. The van der Waals surface area contributed by atoms with Gasteiger partial charge in [-0.25, -0.2) is 4.98 Å². The van der Waals surface area contributed by atoms with Gasteiger partial charge in [0, 0.05) is 33.0 Å². The number of aromatic nitrogens is 2. The summed E-state index contributed by atoms with van der Waals surface area (Å²) in [6.07, 6.45) is 5.35. The van der Waals surface area contributed by atoms with Crippen LogP contribution in [0.15, 0.2) is 60.2 Å². The van der Waals surface area contributed by atoms with E-state index in [2.05, 4.69) is 15.5 Å². The highest BCUT2D eigenvalue weighted by Gasteiger charge is 2.36. The van der Waals surface area contributed by atoms with Crippen LogP contribution < -0.4 is 5.43 Å². The van der Waals surface area contributed by atoms with Crippen molar-refractivity contribution >= 4 is 52.1 Å². The third kappa shape index (κ3) is 3.19. The van der Waals surface area contributed by atoms with Crippen molar-refractivity contribution in [3.05, 3.63) is 86.3 Å². The van der Waals surface area contributed by atoms with Crippen LogP contribution in [0.1, 0.15) is 23.2 Å². The van der Waals surface area contributed by atoms with E-state index in [1.807, 2.05) is 29.0 Å². The zero-order chi connectivity index (χ0) is 18.3. The summed E-state index contributed by atoms with van der Waals surface area (Å²) in [5.41, 5.74) is 5.65. The van der Waals surface area contributed by atoms with E-state index in [1.165, 1.54) is 0 Å². The minimum Gasteiger partial charge on any atom is -0.326 e. The Kier molecular flexibility index (Phi) is 4.84. The van der Waals surface area contributed by atoms with Gasteiger partial charge in [-0.3, -0.25) is 5.43 Å². The first kappa shape index (κ1) is 17.7. The average molecular weight is 426 g/mol. The van der Waals surface area contributed by atoms with Crippen LogP contribution in [0.2, 0.25) is 20.1 Å². The number of halogens is 4. The van der Waals surface area contributed by atoms with E-state index in [-0.39, 0.29) is 12.1 Å². The van der Waals surface area contributed by atoms with Crippen molar-refractivity contribution in [3.63, 3.8) is 0 Å². The van der Waals surface area contributed by atoms with Crippen molar-refractivity contribution in [2.24, 2.45) is 5.10 Å². The van der Waals surface area contributed by atoms with Gasteiger partial charge < -0.3 is 4.57 Å². The van der Waals surface area contributed by atoms with Crippen LogP contribution in [-0.4, -0.2) is 15.3 Å². The summed E-state index contributed by atoms with van der Waals surface area (Å²) in [7, 11) is 0.